The van der Waals surface area contributed by atoms with Gasteiger partial charge in [0.05, 0.1) is 18.1 Å². The van der Waals surface area contributed by atoms with E-state index in [1.807, 2.05) is 0 Å². The molecule has 0 bridgehead atoms. The van der Waals surface area contributed by atoms with E-state index in [0.29, 0.717) is 27.6 Å². The van der Waals surface area contributed by atoms with Crippen LogP contribution >= 0.6 is 11.6 Å². The molecule has 10 heteroatoms. The molecule has 3 aromatic carbocycles. The van der Waals surface area contributed by atoms with E-state index < -0.39 is 18.1 Å². The van der Waals surface area contributed by atoms with Crippen molar-refractivity contribution in [3.63, 3.8) is 0 Å². The van der Waals surface area contributed by atoms with Gasteiger partial charge in [-0.05, 0) is 47.5 Å². The monoisotopic (exact) mass is 514 g/mol. The summed E-state index contributed by atoms with van der Waals surface area (Å²) in [4.78, 5) is 35.7. The molecule has 1 unspecified atom stereocenters. The third kappa shape index (κ3) is 8.59. The number of carbonyl (C=O) groups is 3. The molecule has 0 saturated carbocycles. The summed E-state index contributed by atoms with van der Waals surface area (Å²) in [5, 5.41) is 14.8. The maximum atomic E-state index is 13.0. The number of hydrogen-bond acceptors (Lipinski definition) is 5. The zero-order valence-corrected chi connectivity index (χ0v) is 19.8. The largest absolute Gasteiger partial charge is 0.492 e. The number of benzene rings is 3. The average molecular weight is 515 g/mol. The Morgan fingerprint density at radius 1 is 0.944 bits per heavy atom. The van der Waals surface area contributed by atoms with E-state index >= 15 is 0 Å². The van der Waals surface area contributed by atoms with Crippen LogP contribution in [0.25, 0.3) is 0 Å². The number of anilines is 1. The van der Waals surface area contributed by atoms with Crippen LogP contribution in [0.15, 0.2) is 72.8 Å². The van der Waals surface area contributed by atoms with Gasteiger partial charge < -0.3 is 25.2 Å². The van der Waals surface area contributed by atoms with E-state index in [4.69, 9.17) is 21.1 Å². The van der Waals surface area contributed by atoms with Crippen LogP contribution in [-0.2, 0) is 27.4 Å². The van der Waals surface area contributed by atoms with E-state index in [2.05, 4.69) is 10.6 Å². The minimum Gasteiger partial charge on any atom is -0.492 e. The van der Waals surface area contributed by atoms with Crippen molar-refractivity contribution in [2.24, 2.45) is 0 Å². The zero-order valence-electron chi connectivity index (χ0n) is 19.1. The number of carboxylic acid groups (broad SMARTS) is 1. The van der Waals surface area contributed by atoms with Gasteiger partial charge in [0.15, 0.2) is 0 Å². The third-order valence-corrected chi connectivity index (χ3v) is 5.29. The van der Waals surface area contributed by atoms with Crippen molar-refractivity contribution in [3.05, 3.63) is 94.8 Å². The van der Waals surface area contributed by atoms with Crippen LogP contribution < -0.4 is 15.4 Å². The molecule has 0 fully saturated rings. The Balaban J connectivity index is 1.41. The molecular weight excluding hydrogens is 491 g/mol. The van der Waals surface area contributed by atoms with Crippen molar-refractivity contribution in [1.29, 1.82) is 0 Å². The molecule has 0 aliphatic heterocycles. The summed E-state index contributed by atoms with van der Waals surface area (Å²) >= 11 is 5.99. The van der Waals surface area contributed by atoms with Gasteiger partial charge >= 0.3 is 12.1 Å². The predicted molar refractivity (Wildman–Crippen MR) is 131 cm³/mol. The van der Waals surface area contributed by atoms with Crippen LogP contribution in [0, 0.1) is 5.82 Å². The van der Waals surface area contributed by atoms with Crippen molar-refractivity contribution < 1.29 is 33.4 Å². The highest BCUT2D eigenvalue weighted by molar-refractivity contribution is 6.32. The molecule has 188 valence electrons. The highest BCUT2D eigenvalue weighted by atomic mass is 35.5. The van der Waals surface area contributed by atoms with Crippen molar-refractivity contribution in [2.45, 2.75) is 25.5 Å². The molecule has 36 heavy (non-hydrogen) atoms. The van der Waals surface area contributed by atoms with Crippen LogP contribution in [0.4, 0.5) is 14.9 Å². The molecule has 0 heterocycles. The molecule has 0 aliphatic carbocycles. The normalized spacial score (nSPS) is 11.3. The first-order chi connectivity index (χ1) is 17.3. The first kappa shape index (κ1) is 26.5. The molecule has 0 aliphatic rings. The van der Waals surface area contributed by atoms with Crippen molar-refractivity contribution in [2.75, 3.05) is 11.9 Å². The van der Waals surface area contributed by atoms with Crippen molar-refractivity contribution >= 4 is 35.3 Å². The Morgan fingerprint density at radius 3 is 2.28 bits per heavy atom. The number of nitrogens with one attached hydrogen (secondary N) is 2. The predicted octanol–water partition coefficient (Wildman–Crippen LogP) is 4.81. The maximum Gasteiger partial charge on any atom is 0.408 e. The number of para-hydroxylation sites is 1. The zero-order chi connectivity index (χ0) is 25.9. The molecule has 0 saturated heterocycles. The molecule has 8 nitrogen and oxygen atoms in total. The van der Waals surface area contributed by atoms with Crippen molar-refractivity contribution in [3.8, 4) is 5.75 Å². The number of carbonyl (C=O) groups excluding carboxylic acids is 2. The lowest BCUT2D eigenvalue weighted by Gasteiger charge is -2.15. The first-order valence-electron chi connectivity index (χ1n) is 11.0. The number of aliphatic carboxylic acids is 1. The first-order valence-corrected chi connectivity index (χ1v) is 11.3. The molecule has 2 amide bonds. The summed E-state index contributed by atoms with van der Waals surface area (Å²) < 4.78 is 23.5. The van der Waals surface area contributed by atoms with E-state index in [9.17, 15) is 23.9 Å². The van der Waals surface area contributed by atoms with Gasteiger partial charge in [-0.2, -0.15) is 0 Å². The molecular formula is C26H24ClFN2O6. The number of alkyl carbamates (subject to hydrolysis) is 1. The fourth-order valence-electron chi connectivity index (χ4n) is 3.12. The van der Waals surface area contributed by atoms with Gasteiger partial charge in [0.2, 0.25) is 5.91 Å². The van der Waals surface area contributed by atoms with E-state index in [-0.39, 0.29) is 37.8 Å². The van der Waals surface area contributed by atoms with Gasteiger partial charge in [0.25, 0.3) is 0 Å². The van der Waals surface area contributed by atoms with Gasteiger partial charge in [-0.3, -0.25) is 4.79 Å². The Hall–Kier alpha value is -4.11. The SMILES string of the molecule is O=C(Cc1ccc(F)cc1)Nc1ccc(COC(=O)NC(CCOc2ccccc2Cl)C(=O)O)cc1. The average Bonchev–Trinajstić information content (AvgIpc) is 2.85. The van der Waals surface area contributed by atoms with Crippen LogP contribution in [0.1, 0.15) is 17.5 Å². The van der Waals surface area contributed by atoms with Crippen LogP contribution in [0.2, 0.25) is 5.02 Å². The fourth-order valence-corrected chi connectivity index (χ4v) is 3.31. The highest BCUT2D eigenvalue weighted by Crippen LogP contribution is 2.23. The number of carboxylic acids is 1. The molecule has 3 rings (SSSR count). The number of ether oxygens (including phenoxy) is 2. The lowest BCUT2D eigenvalue weighted by Crippen LogP contribution is -2.42. The summed E-state index contributed by atoms with van der Waals surface area (Å²) in [6, 6.07) is 17.9. The topological polar surface area (TPSA) is 114 Å². The van der Waals surface area contributed by atoms with Gasteiger partial charge in [-0.25, -0.2) is 14.0 Å². The third-order valence-electron chi connectivity index (χ3n) is 4.98. The lowest BCUT2D eigenvalue weighted by atomic mass is 10.1. The molecule has 3 aromatic rings. The summed E-state index contributed by atoms with van der Waals surface area (Å²) in [6.07, 6.45) is -0.793. The number of hydrogen-bond donors (Lipinski definition) is 3. The summed E-state index contributed by atoms with van der Waals surface area (Å²) in [6.45, 7) is -0.0760. The maximum absolute atomic E-state index is 13.0. The Kier molecular flexibility index (Phi) is 9.64. The second-order valence-electron chi connectivity index (χ2n) is 7.73. The van der Waals surface area contributed by atoms with Gasteiger partial charge in [0.1, 0.15) is 24.2 Å². The fraction of sp³-hybridized carbons (Fsp3) is 0.192. The molecule has 0 radical (unpaired) electrons. The summed E-state index contributed by atoms with van der Waals surface area (Å²) in [5.41, 5.74) is 1.86. The van der Waals surface area contributed by atoms with Crippen LogP contribution in [0.5, 0.6) is 5.75 Å². The van der Waals surface area contributed by atoms with Gasteiger partial charge in [-0.1, -0.05) is 48.0 Å². The minimum absolute atomic E-state index is 0.00196. The second kappa shape index (κ2) is 13.1. The van der Waals surface area contributed by atoms with Gasteiger partial charge in [-0.15, -0.1) is 0 Å². The Morgan fingerprint density at radius 2 is 1.61 bits per heavy atom. The number of rotatable bonds is 11. The molecule has 0 spiro atoms. The smallest absolute Gasteiger partial charge is 0.408 e. The Bertz CT molecular complexity index is 1190. The quantitative estimate of drug-likeness (QED) is 0.338. The van der Waals surface area contributed by atoms with E-state index in [1.165, 1.54) is 12.1 Å². The van der Waals surface area contributed by atoms with Crippen LogP contribution in [-0.4, -0.2) is 35.7 Å². The van der Waals surface area contributed by atoms with Gasteiger partial charge in [0, 0.05) is 12.1 Å². The lowest BCUT2D eigenvalue weighted by molar-refractivity contribution is -0.139. The van der Waals surface area contributed by atoms with E-state index in [1.54, 1.807) is 60.7 Å². The highest BCUT2D eigenvalue weighted by Gasteiger charge is 2.21. The summed E-state index contributed by atoms with van der Waals surface area (Å²) in [5.74, 6) is -1.44. The Labute approximate surface area is 212 Å². The number of halogens is 2. The van der Waals surface area contributed by atoms with Crippen molar-refractivity contribution in [1.82, 2.24) is 5.32 Å². The second-order valence-corrected chi connectivity index (χ2v) is 8.13. The molecule has 0 aromatic heterocycles. The van der Waals surface area contributed by atoms with E-state index in [0.717, 1.165) is 0 Å². The standard InChI is InChI=1S/C26H24ClFN2O6/c27-21-3-1-2-4-23(21)35-14-13-22(25(32)33)30-26(34)36-16-18-7-11-20(12-8-18)29-24(31)15-17-5-9-19(28)10-6-17/h1-12,22H,13-16H2,(H,29,31)(H,30,34)(H,32,33). The van der Waals surface area contributed by atoms with Crippen LogP contribution in [0.3, 0.4) is 0 Å². The number of amides is 2. The minimum atomic E-state index is -1.23. The molecule has 3 N–H and O–H groups in total. The summed E-state index contributed by atoms with van der Waals surface area (Å²) in [7, 11) is 0. The molecule has 1 atom stereocenters.